The molecule has 0 aliphatic carbocycles. The molecule has 0 amide bonds. The average Bonchev–Trinajstić information content (AvgIpc) is 1.74. The fourth-order valence-corrected chi connectivity index (χ4v) is 12.2. The van der Waals surface area contributed by atoms with Crippen LogP contribution in [0.1, 0.15) is 106 Å². The Balaban J connectivity index is 0.000000259. The molecule has 8 aromatic carbocycles. The number of rotatable bonds is 43. The number of aryl methyl sites for hydroxylation is 2. The van der Waals surface area contributed by atoms with Crippen LogP contribution >= 0.6 is 22.7 Å². The molecular weight excluding hydrogens is 1480 g/mol. The van der Waals surface area contributed by atoms with E-state index >= 15 is 0 Å². The highest BCUT2D eigenvalue weighted by molar-refractivity contribution is 7.22. The fraction of sp³-hybridized carbons (Fsp3) is 0.230. The maximum Gasteiger partial charge on any atom is 0.343 e. The highest BCUT2D eigenvalue weighted by Gasteiger charge is 2.21. The van der Waals surface area contributed by atoms with Crippen molar-refractivity contribution in [2.24, 2.45) is 10.2 Å². The van der Waals surface area contributed by atoms with Gasteiger partial charge in [-0.15, -0.1) is 0 Å². The van der Waals surface area contributed by atoms with E-state index in [-0.39, 0.29) is 56.5 Å². The molecule has 10 aromatic rings. The topological polar surface area (TPSA) is 296 Å². The van der Waals surface area contributed by atoms with E-state index in [0.717, 1.165) is 92.7 Å². The van der Waals surface area contributed by atoms with Crippen LogP contribution in [0.5, 0.6) is 28.7 Å². The van der Waals surface area contributed by atoms with Crippen LogP contribution in [-0.4, -0.2) is 129 Å². The number of hydrogen-bond donors (Lipinski definition) is 2. The fourth-order valence-electron chi connectivity index (χ4n) is 10.6. The highest BCUT2D eigenvalue weighted by atomic mass is 32.1. The molecule has 10 rings (SSSR count). The molecule has 0 saturated carbocycles. The number of carbonyl (C=O) groups is 7. The molecule has 2 heterocycles. The number of esters is 7. The van der Waals surface area contributed by atoms with Gasteiger partial charge in [0.2, 0.25) is 10.3 Å². The molecule has 26 heteroatoms. The molecule has 0 aliphatic heterocycles. The first-order chi connectivity index (χ1) is 55.1. The summed E-state index contributed by atoms with van der Waals surface area (Å²) in [6.45, 7) is 19.2. The van der Waals surface area contributed by atoms with Crippen molar-refractivity contribution in [1.29, 1.82) is 0 Å². The van der Waals surface area contributed by atoms with Crippen LogP contribution in [0.15, 0.2) is 243 Å². The summed E-state index contributed by atoms with van der Waals surface area (Å²) in [7, 11) is 0. The number of thiazole rings is 2. The van der Waals surface area contributed by atoms with Crippen LogP contribution in [0.2, 0.25) is 0 Å². The van der Waals surface area contributed by atoms with Crippen LogP contribution in [0, 0.1) is 0 Å². The molecule has 0 spiro atoms. The van der Waals surface area contributed by atoms with Gasteiger partial charge in [-0.1, -0.05) is 142 Å². The zero-order valence-corrected chi connectivity index (χ0v) is 64.2. The molecule has 0 fully saturated rings. The summed E-state index contributed by atoms with van der Waals surface area (Å²) in [4.78, 5) is 94.9. The molecule has 2 atom stereocenters. The Bertz CT molecular complexity index is 4860. The monoisotopic (exact) mass is 1570 g/mol. The molecular formula is C87H86N6O18S2. The minimum Gasteiger partial charge on any atom is -0.490 e. The Kier molecular flexibility index (Phi) is 33.9. The van der Waals surface area contributed by atoms with E-state index in [2.05, 4.69) is 95.5 Å². The first-order valence-corrected chi connectivity index (χ1v) is 38.0. The molecule has 24 nitrogen and oxygen atoms in total. The summed E-state index contributed by atoms with van der Waals surface area (Å²) in [5, 5.41) is 10.0. The lowest BCUT2D eigenvalue weighted by Crippen LogP contribution is -2.29. The predicted molar refractivity (Wildman–Crippen MR) is 436 cm³/mol. The standard InChI is InChI=1S/C44H43N3O10S.C43H43N3O8S/c1-4-11-30-14-19-35(20-15-30)56-43(51)32-18-23-38(33(26-32)27-45-47-44-46-37-12-7-8-13-39(37)58-44)57-42(50)31-16-21-34(22-17-31)54-29-36(55-41(49)6-3)28-52-24-9-10-25-53-40(48)5-2;1-4-11-30-14-16-31(17-15-30)37-23-22-35(26-33(37)27-44-46-43-45-38-12-7-8-13-39(38)55-43)54-42(49)32-18-20-34(21-19-32)52-29-36(53-41(48)6-3)28-50-24-9-10-25-51-40(47)5-2/h5-8,12-23,26-27,36H,2-4,9-11,24-25,28-29H2,1H3,(H,46,47);5-8,12-23,26-27,36H,2-4,9-11,24-25,28-29H2,1H3,(H,45,46)/b45-27+;44-27+. The van der Waals surface area contributed by atoms with Crippen molar-refractivity contribution in [2.45, 2.75) is 77.4 Å². The van der Waals surface area contributed by atoms with Gasteiger partial charge in [0.1, 0.15) is 42.0 Å². The number of benzene rings is 8. The molecule has 113 heavy (non-hydrogen) atoms. The second-order valence-corrected chi connectivity index (χ2v) is 26.8. The van der Waals surface area contributed by atoms with Crippen LogP contribution in [-0.2, 0) is 60.4 Å². The molecule has 2 N–H and O–H groups in total. The number of fused-ring (bicyclic) bond motifs is 2. The van der Waals surface area contributed by atoms with Gasteiger partial charge < -0.3 is 52.1 Å². The van der Waals surface area contributed by atoms with Gasteiger partial charge in [0.25, 0.3) is 0 Å². The normalized spacial score (nSPS) is 11.5. The Morgan fingerprint density at radius 1 is 0.434 bits per heavy atom. The van der Waals surface area contributed by atoms with Gasteiger partial charge in [0.05, 0.1) is 76.0 Å². The number of hydrogen-bond acceptors (Lipinski definition) is 26. The number of para-hydroxylation sites is 2. The van der Waals surface area contributed by atoms with Crippen molar-refractivity contribution in [3.05, 3.63) is 272 Å². The lowest BCUT2D eigenvalue weighted by Gasteiger charge is -2.18. The van der Waals surface area contributed by atoms with E-state index in [1.54, 1.807) is 66.9 Å². The number of ether oxygens (including phenoxy) is 11. The van der Waals surface area contributed by atoms with Gasteiger partial charge in [-0.25, -0.2) is 43.5 Å². The van der Waals surface area contributed by atoms with Crippen molar-refractivity contribution in [3.63, 3.8) is 0 Å². The lowest BCUT2D eigenvalue weighted by molar-refractivity contribution is -0.148. The summed E-state index contributed by atoms with van der Waals surface area (Å²) in [6.07, 6.45) is 12.4. The van der Waals surface area contributed by atoms with E-state index in [0.29, 0.717) is 83.3 Å². The van der Waals surface area contributed by atoms with Gasteiger partial charge in [-0.05, 0) is 176 Å². The number of anilines is 2. The average molecular weight is 1570 g/mol. The van der Waals surface area contributed by atoms with Gasteiger partial charge in [-0.3, -0.25) is 10.9 Å². The summed E-state index contributed by atoms with van der Waals surface area (Å²) in [6, 6.07) is 54.0. The molecule has 2 aromatic heterocycles. The van der Waals surface area contributed by atoms with Crippen LogP contribution in [0.4, 0.5) is 10.3 Å². The highest BCUT2D eigenvalue weighted by Crippen LogP contribution is 2.31. The van der Waals surface area contributed by atoms with Gasteiger partial charge in [0.15, 0.2) is 12.2 Å². The minimum absolute atomic E-state index is 0.00611. The molecule has 0 radical (unpaired) electrons. The number of hydrazone groups is 2. The summed E-state index contributed by atoms with van der Waals surface area (Å²) < 4.78 is 62.8. The lowest BCUT2D eigenvalue weighted by atomic mass is 9.98. The third-order valence-electron chi connectivity index (χ3n) is 16.2. The van der Waals surface area contributed by atoms with E-state index in [9.17, 15) is 33.6 Å². The van der Waals surface area contributed by atoms with E-state index < -0.39 is 54.0 Å². The summed E-state index contributed by atoms with van der Waals surface area (Å²) in [5.74, 6) is -2.27. The molecule has 0 aliphatic rings. The third kappa shape index (κ3) is 28.0. The largest absolute Gasteiger partial charge is 0.490 e. The molecule has 584 valence electrons. The number of nitrogens with zero attached hydrogens (tertiary/aromatic N) is 4. The molecule has 0 bridgehead atoms. The maximum absolute atomic E-state index is 13.4. The third-order valence-corrected chi connectivity index (χ3v) is 18.1. The molecule has 2 unspecified atom stereocenters. The second kappa shape index (κ2) is 45.4. The quantitative estimate of drug-likeness (QED) is 0.00682. The van der Waals surface area contributed by atoms with E-state index in [1.165, 1.54) is 64.8 Å². The van der Waals surface area contributed by atoms with Crippen molar-refractivity contribution < 1.29 is 85.7 Å². The predicted octanol–water partition coefficient (Wildman–Crippen LogP) is 16.7. The zero-order chi connectivity index (χ0) is 79.9. The minimum atomic E-state index is -0.746. The van der Waals surface area contributed by atoms with E-state index in [1.807, 2.05) is 66.7 Å². The first kappa shape index (κ1) is 84.3. The SMILES string of the molecule is C=CC(=O)OCCCCOCC(COc1ccc(C(=O)Oc2ccc(-c3ccc(CCC)cc3)c(/C=N/Nc3nc4ccccc4s3)c2)cc1)OC(=O)C=C.C=CC(=O)OCCCCOCC(COc1ccc(C(=O)Oc2ccc(C(=O)Oc3ccc(CCC)cc3)cc2/C=N/Nc2nc3ccccc3s2)cc1)OC(=O)C=C. The van der Waals surface area contributed by atoms with E-state index in [4.69, 9.17) is 52.1 Å². The number of nitrogens with one attached hydrogen (secondary N) is 2. The number of unbranched alkanes of at least 4 members (excludes halogenated alkanes) is 2. The maximum atomic E-state index is 13.4. The van der Waals surface area contributed by atoms with Gasteiger partial charge >= 0.3 is 41.8 Å². The summed E-state index contributed by atoms with van der Waals surface area (Å²) >= 11 is 2.93. The van der Waals surface area contributed by atoms with Crippen LogP contribution in [0.3, 0.4) is 0 Å². The smallest absolute Gasteiger partial charge is 0.343 e. The molecule has 0 saturated heterocycles. The second-order valence-electron chi connectivity index (χ2n) is 24.7. The van der Waals surface area contributed by atoms with Crippen LogP contribution in [0.25, 0.3) is 31.6 Å². The van der Waals surface area contributed by atoms with Crippen molar-refractivity contribution in [1.82, 2.24) is 9.97 Å². The van der Waals surface area contributed by atoms with Crippen molar-refractivity contribution >= 4 is 108 Å². The Morgan fingerprint density at radius 3 is 1.35 bits per heavy atom. The van der Waals surface area contributed by atoms with Crippen molar-refractivity contribution in [2.75, 3.05) is 63.7 Å². The number of carbonyl (C=O) groups excluding carboxylic acids is 7. The Labute approximate surface area is 662 Å². The summed E-state index contributed by atoms with van der Waals surface area (Å²) in [5.41, 5.74) is 13.8. The number of aromatic nitrogens is 2. The first-order valence-electron chi connectivity index (χ1n) is 36.4. The van der Waals surface area contributed by atoms with Crippen LogP contribution < -0.4 is 34.5 Å². The Morgan fingerprint density at radius 2 is 0.858 bits per heavy atom. The van der Waals surface area contributed by atoms with Crippen molar-refractivity contribution in [3.8, 4) is 39.9 Å². The Hall–Kier alpha value is -12.8. The van der Waals surface area contributed by atoms with Gasteiger partial charge in [-0.2, -0.15) is 10.2 Å². The van der Waals surface area contributed by atoms with Gasteiger partial charge in [0, 0.05) is 48.6 Å². The zero-order valence-electron chi connectivity index (χ0n) is 62.5.